The molecule has 2 fully saturated rings. The smallest absolute Gasteiger partial charge is 0.200 e. The second-order valence-electron chi connectivity index (χ2n) is 6.21. The maximum atomic E-state index is 12.7. The van der Waals surface area contributed by atoms with Crippen molar-refractivity contribution in [3.63, 3.8) is 0 Å². The SMILES string of the molecule is CSc1nsc(S/C=C2\C(=O)[C@]3(C)CC[C@@H]2C3(C)C)n1. The second-order valence-corrected chi connectivity index (χ2v) is 8.85. The van der Waals surface area contributed by atoms with Crippen LogP contribution in [0.2, 0.25) is 0 Å². The van der Waals surface area contributed by atoms with Gasteiger partial charge < -0.3 is 0 Å². The Labute approximate surface area is 132 Å². The predicted octanol–water partition coefficient (Wildman–Crippen LogP) is 4.26. The summed E-state index contributed by atoms with van der Waals surface area (Å²) in [5.74, 6) is 0.751. The fraction of sp³-hybridized carbons (Fsp3) is 0.643. The Hall–Kier alpha value is -0.330. The van der Waals surface area contributed by atoms with Crippen LogP contribution in [0, 0.1) is 16.7 Å². The first-order chi connectivity index (χ1) is 9.40. The van der Waals surface area contributed by atoms with Gasteiger partial charge in [0.05, 0.1) is 0 Å². The van der Waals surface area contributed by atoms with Crippen LogP contribution in [0.5, 0.6) is 0 Å². The summed E-state index contributed by atoms with van der Waals surface area (Å²) in [6.07, 6.45) is 4.13. The Morgan fingerprint density at radius 2 is 2.15 bits per heavy atom. The highest BCUT2D eigenvalue weighted by atomic mass is 32.2. The van der Waals surface area contributed by atoms with E-state index in [1.165, 1.54) is 11.5 Å². The van der Waals surface area contributed by atoms with Gasteiger partial charge in [0, 0.05) is 11.0 Å². The van der Waals surface area contributed by atoms with Gasteiger partial charge >= 0.3 is 0 Å². The number of hydrogen-bond acceptors (Lipinski definition) is 6. The third-order valence-corrected chi connectivity index (χ3v) is 7.58. The average Bonchev–Trinajstić information content (AvgIpc) is 2.99. The normalized spacial score (nSPS) is 33.3. The minimum atomic E-state index is -0.171. The standard InChI is InChI=1S/C14H18N2OS3/c1-13(2)9-5-6-14(13,3)10(17)8(9)7-19-12-15-11(18-4)16-20-12/h7,9H,5-6H2,1-4H3/b8-7-/t9-,14-/m0/s1. The molecular weight excluding hydrogens is 308 g/mol. The number of aromatic nitrogens is 2. The minimum Gasteiger partial charge on any atom is -0.294 e. The number of hydrogen-bond donors (Lipinski definition) is 0. The van der Waals surface area contributed by atoms with Crippen LogP contribution in [0.15, 0.2) is 20.5 Å². The zero-order valence-corrected chi connectivity index (χ0v) is 14.5. The predicted molar refractivity (Wildman–Crippen MR) is 85.2 cm³/mol. The van der Waals surface area contributed by atoms with E-state index < -0.39 is 0 Å². The summed E-state index contributed by atoms with van der Waals surface area (Å²) in [5.41, 5.74) is 0.923. The number of ketones is 1. The van der Waals surface area contributed by atoms with Crippen LogP contribution in [0.3, 0.4) is 0 Å². The molecule has 108 valence electrons. The molecule has 1 aromatic rings. The molecule has 1 aromatic heterocycles. The number of carbonyl (C=O) groups is 1. The highest BCUT2D eigenvalue weighted by molar-refractivity contribution is 8.03. The maximum absolute atomic E-state index is 12.7. The first kappa shape index (κ1) is 14.6. The lowest BCUT2D eigenvalue weighted by Gasteiger charge is -2.31. The fourth-order valence-electron chi connectivity index (χ4n) is 3.51. The van der Waals surface area contributed by atoms with Crippen molar-refractivity contribution < 1.29 is 4.79 Å². The highest BCUT2D eigenvalue weighted by Crippen LogP contribution is 2.65. The molecule has 0 aliphatic heterocycles. The minimum absolute atomic E-state index is 0.0854. The van der Waals surface area contributed by atoms with E-state index in [2.05, 4.69) is 30.1 Å². The van der Waals surface area contributed by atoms with Gasteiger partial charge in [0.25, 0.3) is 0 Å². The summed E-state index contributed by atoms with van der Waals surface area (Å²) >= 11 is 4.50. The number of fused-ring (bicyclic) bond motifs is 2. The number of thioether (sulfide) groups is 2. The summed E-state index contributed by atoms with van der Waals surface area (Å²) in [6, 6.07) is 0. The van der Waals surface area contributed by atoms with E-state index in [-0.39, 0.29) is 10.8 Å². The molecule has 1 heterocycles. The Morgan fingerprint density at radius 3 is 2.70 bits per heavy atom. The van der Waals surface area contributed by atoms with Gasteiger partial charge in [-0.05, 0) is 47.4 Å². The maximum Gasteiger partial charge on any atom is 0.200 e. The average molecular weight is 327 g/mol. The van der Waals surface area contributed by atoms with E-state index in [0.717, 1.165) is 27.9 Å². The molecular formula is C14H18N2OS3. The van der Waals surface area contributed by atoms with Crippen molar-refractivity contribution >= 4 is 40.8 Å². The van der Waals surface area contributed by atoms with Gasteiger partial charge in [-0.1, -0.05) is 44.3 Å². The third-order valence-electron chi connectivity index (χ3n) is 5.22. The fourth-order valence-corrected chi connectivity index (χ4v) is 5.60. The number of Topliss-reactive ketones (excluding diaryl/α,β-unsaturated/α-hetero) is 1. The zero-order chi connectivity index (χ0) is 14.5. The van der Waals surface area contributed by atoms with E-state index in [4.69, 9.17) is 0 Å². The molecule has 2 bridgehead atoms. The third kappa shape index (κ3) is 1.91. The lowest BCUT2D eigenvalue weighted by atomic mass is 9.70. The molecule has 2 aliphatic rings. The lowest BCUT2D eigenvalue weighted by Crippen LogP contribution is -2.32. The van der Waals surface area contributed by atoms with E-state index in [1.54, 1.807) is 23.5 Å². The van der Waals surface area contributed by atoms with Gasteiger partial charge in [-0.25, -0.2) is 4.98 Å². The number of nitrogens with zero attached hydrogens (tertiary/aromatic N) is 2. The van der Waals surface area contributed by atoms with Crippen molar-refractivity contribution in [1.82, 2.24) is 9.36 Å². The van der Waals surface area contributed by atoms with Gasteiger partial charge in [0.15, 0.2) is 10.1 Å². The molecule has 6 heteroatoms. The first-order valence-electron chi connectivity index (χ1n) is 6.69. The van der Waals surface area contributed by atoms with Crippen LogP contribution in [0.4, 0.5) is 0 Å². The molecule has 0 N–H and O–H groups in total. The van der Waals surface area contributed by atoms with Crippen LogP contribution in [-0.4, -0.2) is 21.4 Å². The van der Waals surface area contributed by atoms with Crippen molar-refractivity contribution in [3.8, 4) is 0 Å². The van der Waals surface area contributed by atoms with Crippen LogP contribution in [0.25, 0.3) is 0 Å². The van der Waals surface area contributed by atoms with Crippen LogP contribution < -0.4 is 0 Å². The molecule has 2 atom stereocenters. The quantitative estimate of drug-likeness (QED) is 0.613. The summed E-state index contributed by atoms with van der Waals surface area (Å²) in [6.45, 7) is 6.62. The largest absolute Gasteiger partial charge is 0.294 e. The molecule has 0 aromatic carbocycles. The Morgan fingerprint density at radius 1 is 1.40 bits per heavy atom. The lowest BCUT2D eigenvalue weighted by molar-refractivity contribution is -0.125. The molecule has 0 spiro atoms. The summed E-state index contributed by atoms with van der Waals surface area (Å²) in [4.78, 5) is 17.1. The van der Waals surface area contributed by atoms with E-state index >= 15 is 0 Å². The zero-order valence-electron chi connectivity index (χ0n) is 12.1. The van der Waals surface area contributed by atoms with Crippen LogP contribution >= 0.6 is 35.1 Å². The summed E-state index contributed by atoms with van der Waals surface area (Å²) in [5, 5.41) is 2.84. The summed E-state index contributed by atoms with van der Waals surface area (Å²) < 4.78 is 5.16. The van der Waals surface area contributed by atoms with Gasteiger partial charge in [-0.3, -0.25) is 4.79 Å². The molecule has 2 aliphatic carbocycles. The molecule has 0 amide bonds. The van der Waals surface area contributed by atoms with E-state index in [0.29, 0.717) is 11.7 Å². The van der Waals surface area contributed by atoms with E-state index in [9.17, 15) is 4.79 Å². The van der Waals surface area contributed by atoms with Gasteiger partial charge in [-0.15, -0.1) is 0 Å². The van der Waals surface area contributed by atoms with Crippen molar-refractivity contribution in [2.45, 2.75) is 43.1 Å². The molecule has 3 rings (SSSR count). The summed E-state index contributed by atoms with van der Waals surface area (Å²) in [7, 11) is 0. The second kappa shape index (κ2) is 4.85. The monoisotopic (exact) mass is 326 g/mol. The number of rotatable bonds is 3. The van der Waals surface area contributed by atoms with Gasteiger partial charge in [-0.2, -0.15) is 4.37 Å². The first-order valence-corrected chi connectivity index (χ1v) is 9.57. The van der Waals surface area contributed by atoms with Crippen molar-refractivity contribution in [3.05, 3.63) is 11.0 Å². The molecule has 20 heavy (non-hydrogen) atoms. The molecule has 2 saturated carbocycles. The number of carbonyl (C=O) groups excluding carboxylic acids is 1. The Bertz CT molecular complexity index is 593. The van der Waals surface area contributed by atoms with Crippen molar-refractivity contribution in [2.75, 3.05) is 6.26 Å². The number of allylic oxidation sites excluding steroid dienone is 1. The molecule has 0 saturated heterocycles. The highest BCUT2D eigenvalue weighted by Gasteiger charge is 2.63. The van der Waals surface area contributed by atoms with Crippen molar-refractivity contribution in [2.24, 2.45) is 16.7 Å². The Balaban J connectivity index is 1.85. The molecule has 0 unspecified atom stereocenters. The molecule has 0 radical (unpaired) electrons. The van der Waals surface area contributed by atoms with Crippen LogP contribution in [0.1, 0.15) is 33.6 Å². The Kier molecular flexibility index (Phi) is 3.54. The molecule has 3 nitrogen and oxygen atoms in total. The van der Waals surface area contributed by atoms with Gasteiger partial charge in [0.2, 0.25) is 5.16 Å². The van der Waals surface area contributed by atoms with Crippen molar-refractivity contribution in [1.29, 1.82) is 0 Å². The van der Waals surface area contributed by atoms with Crippen LogP contribution in [-0.2, 0) is 4.79 Å². The topological polar surface area (TPSA) is 42.9 Å². The van der Waals surface area contributed by atoms with E-state index in [1.807, 2.05) is 11.7 Å². The van der Waals surface area contributed by atoms with Gasteiger partial charge in [0.1, 0.15) is 0 Å².